The fourth-order valence-corrected chi connectivity index (χ4v) is 4.50. The number of carbonyl (C=O) groups excluding carboxylic acids is 2. The minimum Gasteiger partial charge on any atom is -0.352 e. The van der Waals surface area contributed by atoms with Crippen molar-refractivity contribution in [1.29, 1.82) is 0 Å². The minimum absolute atomic E-state index is 0.0802. The molecule has 2 amide bonds. The van der Waals surface area contributed by atoms with E-state index in [-0.39, 0.29) is 23.4 Å². The van der Waals surface area contributed by atoms with E-state index in [1.54, 1.807) is 0 Å². The van der Waals surface area contributed by atoms with Crippen LogP contribution in [0, 0.1) is 0 Å². The number of rotatable bonds is 6. The largest absolute Gasteiger partial charge is 0.352 e. The van der Waals surface area contributed by atoms with Crippen LogP contribution in [-0.2, 0) is 14.8 Å². The maximum atomic E-state index is 12.7. The monoisotopic (exact) mass is 379 g/mol. The van der Waals surface area contributed by atoms with Gasteiger partial charge in [0.2, 0.25) is 15.9 Å². The zero-order valence-electron chi connectivity index (χ0n) is 14.7. The molecule has 0 unspecified atom stereocenters. The van der Waals surface area contributed by atoms with Gasteiger partial charge in [0.1, 0.15) is 0 Å². The van der Waals surface area contributed by atoms with Crippen LogP contribution in [0.3, 0.4) is 0 Å². The lowest BCUT2D eigenvalue weighted by Crippen LogP contribution is -2.37. The van der Waals surface area contributed by atoms with Crippen molar-refractivity contribution >= 4 is 21.8 Å². The number of hydrogen-bond acceptors (Lipinski definition) is 4. The second kappa shape index (κ2) is 8.18. The molecule has 1 aliphatic carbocycles. The normalized spacial score (nSPS) is 18.8. The van der Waals surface area contributed by atoms with Gasteiger partial charge in [-0.25, -0.2) is 8.42 Å². The van der Waals surface area contributed by atoms with Gasteiger partial charge in [-0.1, -0.05) is 12.8 Å². The van der Waals surface area contributed by atoms with Gasteiger partial charge in [-0.05, 0) is 49.9 Å². The molecule has 0 atom stereocenters. The molecular weight excluding hydrogens is 354 g/mol. The van der Waals surface area contributed by atoms with Gasteiger partial charge in [0.15, 0.2) is 0 Å². The van der Waals surface area contributed by atoms with Crippen molar-refractivity contribution in [3.63, 3.8) is 0 Å². The highest BCUT2D eigenvalue weighted by molar-refractivity contribution is 7.89. The summed E-state index contributed by atoms with van der Waals surface area (Å²) in [5, 5.41) is 5.34. The number of nitrogens with one attached hydrogen (secondary N) is 2. The van der Waals surface area contributed by atoms with Crippen molar-refractivity contribution in [2.45, 2.75) is 49.5 Å². The average Bonchev–Trinajstić information content (AvgIpc) is 3.46. The van der Waals surface area contributed by atoms with Crippen LogP contribution < -0.4 is 10.6 Å². The lowest BCUT2D eigenvalue weighted by Gasteiger charge is -2.20. The molecule has 0 aromatic heterocycles. The molecule has 0 spiro atoms. The molecule has 1 saturated carbocycles. The SMILES string of the molecule is O=C(CNC(=O)c1ccc(S(=O)(=O)N2CCCCCC2)cc1)NC1CC1. The topological polar surface area (TPSA) is 95.6 Å². The molecule has 1 aromatic rings. The van der Waals surface area contributed by atoms with Crippen LogP contribution in [0.5, 0.6) is 0 Å². The third-order valence-corrected chi connectivity index (χ3v) is 6.58. The van der Waals surface area contributed by atoms with Crippen molar-refractivity contribution in [3.8, 4) is 0 Å². The van der Waals surface area contributed by atoms with Gasteiger partial charge in [-0.3, -0.25) is 9.59 Å². The standard InChI is InChI=1S/C18H25N3O4S/c22-17(20-15-7-8-15)13-19-18(23)14-5-9-16(10-6-14)26(24,25)21-11-3-1-2-4-12-21/h5-6,9-10,15H,1-4,7-8,11-13H2,(H,19,23)(H,20,22). The Morgan fingerprint density at radius 2 is 1.62 bits per heavy atom. The Labute approximate surface area is 154 Å². The molecule has 0 radical (unpaired) electrons. The van der Waals surface area contributed by atoms with Crippen molar-refractivity contribution < 1.29 is 18.0 Å². The molecule has 8 heteroatoms. The first-order valence-corrected chi connectivity index (χ1v) is 10.6. The van der Waals surface area contributed by atoms with Crippen molar-refractivity contribution in [2.75, 3.05) is 19.6 Å². The first-order valence-electron chi connectivity index (χ1n) is 9.14. The maximum Gasteiger partial charge on any atom is 0.251 e. The number of benzene rings is 1. The predicted molar refractivity (Wildman–Crippen MR) is 97.2 cm³/mol. The number of hydrogen-bond donors (Lipinski definition) is 2. The first kappa shape index (κ1) is 18.8. The number of carbonyl (C=O) groups is 2. The fourth-order valence-electron chi connectivity index (χ4n) is 2.98. The van der Waals surface area contributed by atoms with E-state index in [4.69, 9.17) is 0 Å². The molecule has 1 saturated heterocycles. The number of amides is 2. The summed E-state index contributed by atoms with van der Waals surface area (Å²) in [6, 6.07) is 6.14. The van der Waals surface area contributed by atoms with Crippen LogP contribution >= 0.6 is 0 Å². The zero-order chi connectivity index (χ0) is 18.6. The average molecular weight is 379 g/mol. The second-order valence-corrected chi connectivity index (χ2v) is 8.81. The van der Waals surface area contributed by atoms with Crippen molar-refractivity contribution in [3.05, 3.63) is 29.8 Å². The predicted octanol–water partition coefficient (Wildman–Crippen LogP) is 1.26. The van der Waals surface area contributed by atoms with E-state index in [1.807, 2.05) is 0 Å². The van der Waals surface area contributed by atoms with E-state index in [0.717, 1.165) is 38.5 Å². The summed E-state index contributed by atoms with van der Waals surface area (Å²) in [5.74, 6) is -0.601. The Balaban J connectivity index is 1.59. The van der Waals surface area contributed by atoms with Gasteiger partial charge < -0.3 is 10.6 Å². The third-order valence-electron chi connectivity index (χ3n) is 4.67. The molecular formula is C18H25N3O4S. The molecule has 1 aliphatic heterocycles. The van der Waals surface area contributed by atoms with E-state index < -0.39 is 15.9 Å². The van der Waals surface area contributed by atoms with Gasteiger partial charge in [0.25, 0.3) is 5.91 Å². The maximum absolute atomic E-state index is 12.7. The van der Waals surface area contributed by atoms with Gasteiger partial charge in [0, 0.05) is 24.7 Å². The quantitative estimate of drug-likeness (QED) is 0.778. The summed E-state index contributed by atoms with van der Waals surface area (Å²) in [6.45, 7) is 1.00. The van der Waals surface area contributed by atoms with Gasteiger partial charge in [-0.2, -0.15) is 4.31 Å². The van der Waals surface area contributed by atoms with Gasteiger partial charge in [0.05, 0.1) is 11.4 Å². The Morgan fingerprint density at radius 3 is 2.19 bits per heavy atom. The van der Waals surface area contributed by atoms with Crippen LogP contribution in [0.15, 0.2) is 29.2 Å². The lowest BCUT2D eigenvalue weighted by atomic mass is 10.2. The molecule has 3 rings (SSSR count). The van der Waals surface area contributed by atoms with Crippen LogP contribution in [0.25, 0.3) is 0 Å². The zero-order valence-corrected chi connectivity index (χ0v) is 15.6. The van der Waals surface area contributed by atoms with Crippen molar-refractivity contribution in [2.24, 2.45) is 0 Å². The summed E-state index contributed by atoms with van der Waals surface area (Å²) in [5.41, 5.74) is 0.332. The third kappa shape index (κ3) is 4.82. The van der Waals surface area contributed by atoms with E-state index in [1.165, 1.54) is 28.6 Å². The Kier molecular flexibility index (Phi) is 5.93. The number of sulfonamides is 1. The molecule has 2 aliphatic rings. The summed E-state index contributed by atoms with van der Waals surface area (Å²) in [7, 11) is -3.52. The molecule has 142 valence electrons. The van der Waals surface area contributed by atoms with E-state index in [2.05, 4.69) is 10.6 Å². The summed E-state index contributed by atoms with van der Waals surface area (Å²) in [6.07, 6.45) is 5.85. The highest BCUT2D eigenvalue weighted by Crippen LogP contribution is 2.21. The number of nitrogens with zero attached hydrogens (tertiary/aromatic N) is 1. The van der Waals surface area contributed by atoms with E-state index >= 15 is 0 Å². The minimum atomic E-state index is -3.52. The van der Waals surface area contributed by atoms with Crippen LogP contribution in [0.1, 0.15) is 48.9 Å². The van der Waals surface area contributed by atoms with Gasteiger partial charge >= 0.3 is 0 Å². The summed E-state index contributed by atoms with van der Waals surface area (Å²) >= 11 is 0. The molecule has 2 N–H and O–H groups in total. The van der Waals surface area contributed by atoms with E-state index in [9.17, 15) is 18.0 Å². The summed E-state index contributed by atoms with van der Waals surface area (Å²) in [4.78, 5) is 23.9. The summed E-state index contributed by atoms with van der Waals surface area (Å²) < 4.78 is 27.0. The fraction of sp³-hybridized carbons (Fsp3) is 0.556. The molecule has 1 aromatic carbocycles. The first-order chi connectivity index (χ1) is 12.5. The molecule has 7 nitrogen and oxygen atoms in total. The van der Waals surface area contributed by atoms with E-state index in [0.29, 0.717) is 18.7 Å². The Bertz CT molecular complexity index is 749. The highest BCUT2D eigenvalue weighted by atomic mass is 32.2. The smallest absolute Gasteiger partial charge is 0.251 e. The molecule has 2 fully saturated rings. The Morgan fingerprint density at radius 1 is 1.00 bits per heavy atom. The highest BCUT2D eigenvalue weighted by Gasteiger charge is 2.25. The molecule has 26 heavy (non-hydrogen) atoms. The Hall–Kier alpha value is -1.93. The van der Waals surface area contributed by atoms with Crippen LogP contribution in [-0.4, -0.2) is 50.2 Å². The van der Waals surface area contributed by atoms with Gasteiger partial charge in [-0.15, -0.1) is 0 Å². The van der Waals surface area contributed by atoms with Crippen LogP contribution in [0.2, 0.25) is 0 Å². The second-order valence-electron chi connectivity index (χ2n) is 6.87. The van der Waals surface area contributed by atoms with Crippen molar-refractivity contribution in [1.82, 2.24) is 14.9 Å². The van der Waals surface area contributed by atoms with Crippen LogP contribution in [0.4, 0.5) is 0 Å². The lowest BCUT2D eigenvalue weighted by molar-refractivity contribution is -0.120. The molecule has 0 bridgehead atoms. The molecule has 1 heterocycles.